The maximum absolute atomic E-state index is 5.15. The van der Waals surface area contributed by atoms with E-state index in [-0.39, 0.29) is 5.54 Å². The first-order valence-electron chi connectivity index (χ1n) is 3.47. The predicted molar refractivity (Wildman–Crippen MR) is 43.7 cm³/mol. The Labute approximate surface area is 66.1 Å². The zero-order valence-corrected chi connectivity index (χ0v) is 7.01. The molecule has 1 rings (SSSR count). The van der Waals surface area contributed by atoms with Crippen molar-refractivity contribution < 1.29 is 4.74 Å². The molecule has 4 nitrogen and oxygen atoms in total. The Balaban J connectivity index is 2.84. The first kappa shape index (κ1) is 8.07. The summed E-state index contributed by atoms with van der Waals surface area (Å²) in [6, 6.07) is 0.370. The number of hydrazine groups is 1. The van der Waals surface area contributed by atoms with Crippen molar-refractivity contribution in [3.05, 3.63) is 11.8 Å². The molecule has 0 radical (unpaired) electrons. The number of nitrogens with zero attached hydrogens (tertiary/aromatic N) is 1. The van der Waals surface area contributed by atoms with Crippen molar-refractivity contribution in [2.45, 2.75) is 26.3 Å². The molecule has 1 heterocycles. The van der Waals surface area contributed by atoms with Gasteiger partial charge in [0.05, 0.1) is 5.54 Å². The highest BCUT2D eigenvalue weighted by molar-refractivity contribution is 5.75. The number of hydrogen-bond acceptors (Lipinski definition) is 4. The molecule has 1 aliphatic heterocycles. The number of ether oxygens (including phenoxy) is 1. The van der Waals surface area contributed by atoms with Crippen molar-refractivity contribution in [2.24, 2.45) is 10.8 Å². The van der Waals surface area contributed by atoms with Crippen LogP contribution in [-0.2, 0) is 4.74 Å². The minimum atomic E-state index is -0.218. The topological polar surface area (TPSA) is 59.6 Å². The lowest BCUT2D eigenvalue weighted by atomic mass is 10.1. The molecule has 0 saturated heterocycles. The van der Waals surface area contributed by atoms with E-state index >= 15 is 0 Å². The zero-order valence-electron chi connectivity index (χ0n) is 7.01. The number of nitrogens with one attached hydrogen (secondary N) is 1. The van der Waals surface area contributed by atoms with Crippen LogP contribution in [0.4, 0.5) is 0 Å². The van der Waals surface area contributed by atoms with Gasteiger partial charge in [0.15, 0.2) is 0 Å². The van der Waals surface area contributed by atoms with Gasteiger partial charge in [-0.25, -0.2) is 10.8 Å². The summed E-state index contributed by atoms with van der Waals surface area (Å²) in [5.41, 5.74) is 2.16. The van der Waals surface area contributed by atoms with Crippen LogP contribution < -0.4 is 11.3 Å². The summed E-state index contributed by atoms with van der Waals surface area (Å²) in [4.78, 5) is 4.16. The van der Waals surface area contributed by atoms with Crippen LogP contribution in [0, 0.1) is 0 Å². The molecule has 0 saturated carbocycles. The van der Waals surface area contributed by atoms with Gasteiger partial charge in [0.25, 0.3) is 0 Å². The monoisotopic (exact) mass is 155 g/mol. The van der Waals surface area contributed by atoms with Crippen LogP contribution in [0.3, 0.4) is 0 Å². The highest BCUT2D eigenvalue weighted by Crippen LogP contribution is 2.18. The molecule has 62 valence electrons. The second kappa shape index (κ2) is 2.54. The van der Waals surface area contributed by atoms with Gasteiger partial charge in [-0.1, -0.05) is 0 Å². The Morgan fingerprint density at radius 1 is 1.64 bits per heavy atom. The molecule has 3 N–H and O–H groups in total. The largest absolute Gasteiger partial charge is 0.430 e. The summed E-state index contributed by atoms with van der Waals surface area (Å²) >= 11 is 0. The van der Waals surface area contributed by atoms with Crippen LogP contribution in [-0.4, -0.2) is 11.6 Å². The molecule has 0 amide bonds. The first-order valence-corrected chi connectivity index (χ1v) is 3.47. The Morgan fingerprint density at radius 2 is 2.27 bits per heavy atom. The third-order valence-corrected chi connectivity index (χ3v) is 1.33. The van der Waals surface area contributed by atoms with E-state index in [0.29, 0.717) is 6.02 Å². The molecule has 0 aromatic carbocycles. The van der Waals surface area contributed by atoms with E-state index in [2.05, 4.69) is 10.4 Å². The smallest absolute Gasteiger partial charge is 0.305 e. The summed E-state index contributed by atoms with van der Waals surface area (Å²) in [5, 5.41) is 0. The van der Waals surface area contributed by atoms with Gasteiger partial charge in [-0.2, -0.15) is 0 Å². The summed E-state index contributed by atoms with van der Waals surface area (Å²) in [5.74, 6) is 5.97. The van der Waals surface area contributed by atoms with Crippen molar-refractivity contribution in [3.8, 4) is 0 Å². The molecule has 0 fully saturated rings. The third-order valence-electron chi connectivity index (χ3n) is 1.33. The predicted octanol–water partition coefficient (Wildman–Crippen LogP) is 0.518. The molecule has 0 aliphatic carbocycles. The van der Waals surface area contributed by atoms with Crippen LogP contribution in [0.15, 0.2) is 16.8 Å². The van der Waals surface area contributed by atoms with Crippen LogP contribution in [0.5, 0.6) is 0 Å². The normalized spacial score (nSPS) is 21.5. The molecule has 11 heavy (non-hydrogen) atoms. The molecule has 0 spiro atoms. The second-order valence-corrected chi connectivity index (χ2v) is 3.07. The molecule has 0 aromatic rings. The van der Waals surface area contributed by atoms with Crippen molar-refractivity contribution in [3.63, 3.8) is 0 Å². The van der Waals surface area contributed by atoms with E-state index in [9.17, 15) is 0 Å². The Bertz CT molecular complexity index is 218. The summed E-state index contributed by atoms with van der Waals surface area (Å²) < 4.78 is 5.15. The van der Waals surface area contributed by atoms with Crippen LogP contribution >= 0.6 is 0 Å². The minimum Gasteiger partial charge on any atom is -0.430 e. The molecule has 0 unspecified atom stereocenters. The van der Waals surface area contributed by atoms with E-state index in [1.165, 1.54) is 0 Å². The zero-order chi connectivity index (χ0) is 8.48. The van der Waals surface area contributed by atoms with Gasteiger partial charge < -0.3 is 4.74 Å². The van der Waals surface area contributed by atoms with Gasteiger partial charge in [0.2, 0.25) is 0 Å². The fourth-order valence-corrected chi connectivity index (χ4v) is 1.06. The summed E-state index contributed by atoms with van der Waals surface area (Å²) in [7, 11) is 0. The van der Waals surface area contributed by atoms with Crippen molar-refractivity contribution in [1.29, 1.82) is 0 Å². The number of aliphatic imine (C=N–C) groups is 1. The third kappa shape index (κ3) is 1.94. The lowest BCUT2D eigenvalue weighted by molar-refractivity contribution is 0.359. The number of rotatable bonds is 0. The Morgan fingerprint density at radius 3 is 2.73 bits per heavy atom. The summed E-state index contributed by atoms with van der Waals surface area (Å²) in [6.45, 7) is 5.83. The molecule has 0 aromatic heterocycles. The Hall–Kier alpha value is -1.03. The number of amidine groups is 1. The van der Waals surface area contributed by atoms with Crippen molar-refractivity contribution >= 4 is 6.02 Å². The van der Waals surface area contributed by atoms with Gasteiger partial charge in [-0.15, -0.1) is 0 Å². The van der Waals surface area contributed by atoms with Crippen molar-refractivity contribution in [1.82, 2.24) is 5.43 Å². The van der Waals surface area contributed by atoms with Gasteiger partial charge >= 0.3 is 6.02 Å². The van der Waals surface area contributed by atoms with Gasteiger partial charge in [-0.3, -0.25) is 5.43 Å². The molecule has 0 atom stereocenters. The molecule has 0 bridgehead atoms. The van der Waals surface area contributed by atoms with Crippen molar-refractivity contribution in [2.75, 3.05) is 0 Å². The average Bonchev–Trinajstić information content (AvgIpc) is 1.83. The summed E-state index contributed by atoms with van der Waals surface area (Å²) in [6.07, 6.45) is 1.94. The lowest BCUT2D eigenvalue weighted by Gasteiger charge is -2.23. The van der Waals surface area contributed by atoms with E-state index < -0.39 is 0 Å². The maximum Gasteiger partial charge on any atom is 0.305 e. The standard InChI is InChI=1S/C7H13N3O/c1-5-4-7(2,3)9-6(10-8)11-5/h4H,8H2,1-3H3,(H,9,10). The quantitative estimate of drug-likeness (QED) is 0.396. The Kier molecular flexibility index (Phi) is 1.87. The second-order valence-electron chi connectivity index (χ2n) is 3.07. The van der Waals surface area contributed by atoms with Crippen LogP contribution in [0.25, 0.3) is 0 Å². The average molecular weight is 155 g/mol. The van der Waals surface area contributed by atoms with E-state index in [0.717, 1.165) is 5.76 Å². The van der Waals surface area contributed by atoms with Crippen LogP contribution in [0.2, 0.25) is 0 Å². The number of nitrogens with two attached hydrogens (primary N) is 1. The highest BCUT2D eigenvalue weighted by atomic mass is 16.5. The minimum absolute atomic E-state index is 0.218. The SMILES string of the molecule is CC1=CC(C)(C)N=C(NN)O1. The van der Waals surface area contributed by atoms with Gasteiger partial charge in [-0.05, 0) is 26.8 Å². The van der Waals surface area contributed by atoms with E-state index in [1.54, 1.807) is 0 Å². The van der Waals surface area contributed by atoms with Gasteiger partial charge in [0, 0.05) is 0 Å². The van der Waals surface area contributed by atoms with Gasteiger partial charge in [0.1, 0.15) is 5.76 Å². The first-order chi connectivity index (χ1) is 5.03. The number of allylic oxidation sites excluding steroid dienone is 1. The van der Waals surface area contributed by atoms with E-state index in [1.807, 2.05) is 26.8 Å². The molecular weight excluding hydrogens is 142 g/mol. The molecule has 4 heteroatoms. The lowest BCUT2D eigenvalue weighted by Crippen LogP contribution is -2.37. The fourth-order valence-electron chi connectivity index (χ4n) is 1.06. The fraction of sp³-hybridized carbons (Fsp3) is 0.571. The number of hydrogen-bond donors (Lipinski definition) is 2. The van der Waals surface area contributed by atoms with Crippen LogP contribution in [0.1, 0.15) is 20.8 Å². The highest BCUT2D eigenvalue weighted by Gasteiger charge is 2.20. The molecular formula is C7H13N3O. The maximum atomic E-state index is 5.15. The van der Waals surface area contributed by atoms with E-state index in [4.69, 9.17) is 10.6 Å². The molecule has 1 aliphatic rings.